The van der Waals surface area contributed by atoms with E-state index < -0.39 is 10.0 Å². The average molecular weight is 312 g/mol. The Labute approximate surface area is 124 Å². The van der Waals surface area contributed by atoms with Crippen LogP contribution in [-0.2, 0) is 14.8 Å². The molecule has 116 valence electrons. The zero-order valence-electron chi connectivity index (χ0n) is 12.1. The minimum atomic E-state index is -3.62. The lowest BCUT2D eigenvalue weighted by molar-refractivity contribution is -0.114. The summed E-state index contributed by atoms with van der Waals surface area (Å²) in [6.45, 7) is 3.57. The highest BCUT2D eigenvalue weighted by Crippen LogP contribution is 2.30. The molecule has 0 aliphatic carbocycles. The summed E-state index contributed by atoms with van der Waals surface area (Å²) in [7, 11) is -3.62. The number of aliphatic hydroxyl groups excluding tert-OH is 1. The summed E-state index contributed by atoms with van der Waals surface area (Å²) in [5.74, 6) is -0.0669. The molecule has 1 fully saturated rings. The number of amides is 1. The molecule has 21 heavy (non-hydrogen) atoms. The zero-order chi connectivity index (χ0) is 15.6. The van der Waals surface area contributed by atoms with E-state index in [0.29, 0.717) is 12.2 Å². The third-order valence-electron chi connectivity index (χ3n) is 3.80. The fourth-order valence-corrected chi connectivity index (χ4v) is 4.32. The topological polar surface area (TPSA) is 86.7 Å². The van der Waals surface area contributed by atoms with Crippen LogP contribution in [0.3, 0.4) is 0 Å². The average Bonchev–Trinajstić information content (AvgIpc) is 2.80. The molecular weight excluding hydrogens is 292 g/mol. The number of benzene rings is 1. The molecule has 6 nitrogen and oxygen atoms in total. The van der Waals surface area contributed by atoms with Gasteiger partial charge in [0, 0.05) is 19.2 Å². The summed E-state index contributed by atoms with van der Waals surface area (Å²) in [6.07, 6.45) is 0.744. The molecule has 0 spiro atoms. The number of aliphatic hydroxyl groups is 1. The normalized spacial score (nSPS) is 23.2. The number of hydrogen-bond acceptors (Lipinski definition) is 4. The van der Waals surface area contributed by atoms with Crippen molar-refractivity contribution in [3.8, 4) is 0 Å². The van der Waals surface area contributed by atoms with Gasteiger partial charge in [0.15, 0.2) is 0 Å². The van der Waals surface area contributed by atoms with Gasteiger partial charge < -0.3 is 10.4 Å². The molecule has 1 aliphatic heterocycles. The molecule has 2 rings (SSSR count). The minimum absolute atomic E-state index is 0.142. The second-order valence-corrected chi connectivity index (χ2v) is 7.23. The molecule has 1 aliphatic rings. The van der Waals surface area contributed by atoms with Crippen LogP contribution in [0.25, 0.3) is 0 Å². The summed E-state index contributed by atoms with van der Waals surface area (Å²) in [5.41, 5.74) is 0.551. The molecule has 1 heterocycles. The Morgan fingerprint density at radius 1 is 1.38 bits per heavy atom. The number of sulfonamides is 1. The number of nitrogens with zero attached hydrogens (tertiary/aromatic N) is 1. The Bertz CT molecular complexity index is 612. The first-order chi connectivity index (χ1) is 9.86. The fraction of sp³-hybridized carbons (Fsp3) is 0.500. The highest BCUT2D eigenvalue weighted by Gasteiger charge is 2.39. The van der Waals surface area contributed by atoms with E-state index in [1.807, 2.05) is 6.92 Å². The van der Waals surface area contributed by atoms with E-state index in [1.54, 1.807) is 12.1 Å². The fourth-order valence-electron chi connectivity index (χ4n) is 2.59. The van der Waals surface area contributed by atoms with Crippen LogP contribution in [-0.4, -0.2) is 42.9 Å². The van der Waals surface area contributed by atoms with Crippen molar-refractivity contribution in [2.24, 2.45) is 5.92 Å². The second-order valence-electron chi connectivity index (χ2n) is 5.34. The molecule has 0 bridgehead atoms. The van der Waals surface area contributed by atoms with Gasteiger partial charge in [-0.2, -0.15) is 4.31 Å². The Kier molecular flexibility index (Phi) is 4.65. The monoisotopic (exact) mass is 312 g/mol. The first kappa shape index (κ1) is 15.9. The lowest BCUT2D eigenvalue weighted by Crippen LogP contribution is -2.39. The van der Waals surface area contributed by atoms with Gasteiger partial charge in [0.25, 0.3) is 0 Å². The molecule has 1 aromatic rings. The van der Waals surface area contributed by atoms with Crippen molar-refractivity contribution in [2.45, 2.75) is 31.2 Å². The summed E-state index contributed by atoms with van der Waals surface area (Å²) < 4.78 is 26.6. The number of anilines is 1. The summed E-state index contributed by atoms with van der Waals surface area (Å²) in [4.78, 5) is 11.1. The maximum atomic E-state index is 12.6. The van der Waals surface area contributed by atoms with E-state index in [9.17, 15) is 18.3 Å². The largest absolute Gasteiger partial charge is 0.395 e. The quantitative estimate of drug-likeness (QED) is 0.869. The Hall–Kier alpha value is -1.44. The van der Waals surface area contributed by atoms with Crippen LogP contribution in [0, 0.1) is 5.92 Å². The zero-order valence-corrected chi connectivity index (χ0v) is 12.9. The molecule has 1 amide bonds. The SMILES string of the molecule is CC(=O)Nc1ccc(S(=O)(=O)N2CCC(C)C2CO)cc1. The molecule has 2 unspecified atom stereocenters. The summed E-state index contributed by atoms with van der Waals surface area (Å²) >= 11 is 0. The number of carbonyl (C=O) groups excluding carboxylic acids is 1. The van der Waals surface area contributed by atoms with Crippen molar-refractivity contribution < 1.29 is 18.3 Å². The van der Waals surface area contributed by atoms with Crippen LogP contribution >= 0.6 is 0 Å². The summed E-state index contributed by atoms with van der Waals surface area (Å²) in [6, 6.07) is 5.68. The van der Waals surface area contributed by atoms with Gasteiger partial charge in [0.2, 0.25) is 15.9 Å². The second kappa shape index (κ2) is 6.13. The summed E-state index contributed by atoms with van der Waals surface area (Å²) in [5, 5.41) is 12.0. The van der Waals surface area contributed by atoms with E-state index >= 15 is 0 Å². The number of hydrogen-bond donors (Lipinski definition) is 2. The maximum Gasteiger partial charge on any atom is 0.243 e. The van der Waals surface area contributed by atoms with Crippen molar-refractivity contribution in [1.82, 2.24) is 4.31 Å². The van der Waals surface area contributed by atoms with Crippen molar-refractivity contribution >= 4 is 21.6 Å². The van der Waals surface area contributed by atoms with Crippen molar-refractivity contribution in [1.29, 1.82) is 0 Å². The Morgan fingerprint density at radius 3 is 2.52 bits per heavy atom. The van der Waals surface area contributed by atoms with Gasteiger partial charge >= 0.3 is 0 Å². The molecule has 1 aromatic carbocycles. The smallest absolute Gasteiger partial charge is 0.243 e. The Balaban J connectivity index is 2.25. The standard InChI is InChI=1S/C14H20N2O4S/c1-10-7-8-16(14(10)9-17)21(19,20)13-5-3-12(4-6-13)15-11(2)18/h3-6,10,14,17H,7-9H2,1-2H3,(H,15,18). The Morgan fingerprint density at radius 2 is 2.00 bits per heavy atom. The van der Waals surface area contributed by atoms with Crippen molar-refractivity contribution in [2.75, 3.05) is 18.5 Å². The molecule has 2 atom stereocenters. The number of carbonyl (C=O) groups is 1. The van der Waals surface area contributed by atoms with Gasteiger partial charge in [-0.25, -0.2) is 8.42 Å². The van der Waals surface area contributed by atoms with E-state index in [4.69, 9.17) is 0 Å². The van der Waals surface area contributed by atoms with Gasteiger partial charge in [-0.15, -0.1) is 0 Å². The highest BCUT2D eigenvalue weighted by atomic mass is 32.2. The number of nitrogens with one attached hydrogen (secondary N) is 1. The molecule has 0 aromatic heterocycles. The third kappa shape index (κ3) is 3.25. The third-order valence-corrected chi connectivity index (χ3v) is 5.74. The molecular formula is C14H20N2O4S. The van der Waals surface area contributed by atoms with Gasteiger partial charge in [-0.05, 0) is 36.6 Å². The van der Waals surface area contributed by atoms with Gasteiger partial charge in [0.05, 0.1) is 17.5 Å². The number of rotatable bonds is 4. The molecule has 1 saturated heterocycles. The maximum absolute atomic E-state index is 12.6. The highest BCUT2D eigenvalue weighted by molar-refractivity contribution is 7.89. The van der Waals surface area contributed by atoms with Crippen LogP contribution in [0.4, 0.5) is 5.69 Å². The van der Waals surface area contributed by atoms with Crippen molar-refractivity contribution in [3.05, 3.63) is 24.3 Å². The minimum Gasteiger partial charge on any atom is -0.395 e. The van der Waals surface area contributed by atoms with Crippen LogP contribution in [0.1, 0.15) is 20.3 Å². The lowest BCUT2D eigenvalue weighted by atomic mass is 10.0. The van der Waals surface area contributed by atoms with Gasteiger partial charge in [0.1, 0.15) is 0 Å². The van der Waals surface area contributed by atoms with E-state index in [0.717, 1.165) is 6.42 Å². The predicted octanol–water partition coefficient (Wildman–Crippen LogP) is 1.04. The molecule has 2 N–H and O–H groups in total. The van der Waals surface area contributed by atoms with Crippen LogP contribution in [0.2, 0.25) is 0 Å². The lowest BCUT2D eigenvalue weighted by Gasteiger charge is -2.24. The molecule has 0 saturated carbocycles. The molecule has 7 heteroatoms. The van der Waals surface area contributed by atoms with Crippen LogP contribution in [0.5, 0.6) is 0 Å². The predicted molar refractivity (Wildman–Crippen MR) is 79.3 cm³/mol. The first-order valence-electron chi connectivity index (χ1n) is 6.86. The van der Waals surface area contributed by atoms with Crippen LogP contribution < -0.4 is 5.32 Å². The van der Waals surface area contributed by atoms with Gasteiger partial charge in [-0.1, -0.05) is 6.92 Å². The van der Waals surface area contributed by atoms with Crippen LogP contribution in [0.15, 0.2) is 29.2 Å². The van der Waals surface area contributed by atoms with E-state index in [-0.39, 0.29) is 29.4 Å². The molecule has 0 radical (unpaired) electrons. The van der Waals surface area contributed by atoms with E-state index in [2.05, 4.69) is 5.32 Å². The first-order valence-corrected chi connectivity index (χ1v) is 8.30. The van der Waals surface area contributed by atoms with Gasteiger partial charge in [-0.3, -0.25) is 4.79 Å². The van der Waals surface area contributed by atoms with Crippen molar-refractivity contribution in [3.63, 3.8) is 0 Å². The van der Waals surface area contributed by atoms with E-state index in [1.165, 1.54) is 23.4 Å².